The van der Waals surface area contributed by atoms with Gasteiger partial charge in [0.2, 0.25) is 11.9 Å². The zero-order valence-electron chi connectivity index (χ0n) is 12.8. The number of hydrogen-bond acceptors (Lipinski definition) is 5. The molecular weight excluding hydrogens is 266 g/mol. The summed E-state index contributed by atoms with van der Waals surface area (Å²) in [4.78, 5) is 22.8. The normalized spacial score (nSPS) is 19.1. The van der Waals surface area contributed by atoms with Crippen molar-refractivity contribution in [1.29, 1.82) is 0 Å². The van der Waals surface area contributed by atoms with Gasteiger partial charge in [-0.25, -0.2) is 9.97 Å². The van der Waals surface area contributed by atoms with Gasteiger partial charge in [0.05, 0.1) is 6.04 Å². The lowest BCUT2D eigenvalue weighted by Crippen LogP contribution is -2.51. The highest BCUT2D eigenvalue weighted by atomic mass is 16.2. The minimum Gasteiger partial charge on any atom is -0.352 e. The smallest absolute Gasteiger partial charge is 0.237 e. The van der Waals surface area contributed by atoms with E-state index >= 15 is 0 Å². The van der Waals surface area contributed by atoms with Crippen LogP contribution >= 0.6 is 0 Å². The number of piperidine rings is 1. The molecule has 2 rings (SSSR count). The molecule has 1 saturated heterocycles. The van der Waals surface area contributed by atoms with E-state index in [0.29, 0.717) is 0 Å². The van der Waals surface area contributed by atoms with Crippen LogP contribution in [0.3, 0.4) is 0 Å². The van der Waals surface area contributed by atoms with Crippen LogP contribution < -0.4 is 16.0 Å². The van der Waals surface area contributed by atoms with Crippen molar-refractivity contribution >= 4 is 11.9 Å². The first kappa shape index (κ1) is 15.7. The number of nitrogens with zero attached hydrogens (tertiary/aromatic N) is 3. The van der Waals surface area contributed by atoms with E-state index in [-0.39, 0.29) is 17.9 Å². The third-order valence-electron chi connectivity index (χ3n) is 4.24. The number of rotatable bonds is 5. The molecule has 0 saturated carbocycles. The van der Waals surface area contributed by atoms with Crippen LogP contribution in [0, 0.1) is 5.92 Å². The van der Waals surface area contributed by atoms with Crippen molar-refractivity contribution in [2.45, 2.75) is 45.2 Å². The zero-order chi connectivity index (χ0) is 15.2. The third kappa shape index (κ3) is 4.14. The fourth-order valence-corrected chi connectivity index (χ4v) is 2.49. The van der Waals surface area contributed by atoms with Crippen molar-refractivity contribution in [2.24, 2.45) is 11.7 Å². The van der Waals surface area contributed by atoms with Gasteiger partial charge in [0.1, 0.15) is 0 Å². The van der Waals surface area contributed by atoms with E-state index in [1.54, 1.807) is 12.4 Å². The van der Waals surface area contributed by atoms with E-state index < -0.39 is 6.04 Å². The van der Waals surface area contributed by atoms with Crippen LogP contribution in [0.25, 0.3) is 0 Å². The maximum atomic E-state index is 12.1. The third-order valence-corrected chi connectivity index (χ3v) is 4.24. The highest BCUT2D eigenvalue weighted by Gasteiger charge is 2.25. The predicted octanol–water partition coefficient (Wildman–Crippen LogP) is 0.935. The van der Waals surface area contributed by atoms with E-state index in [1.807, 2.05) is 13.0 Å². The highest BCUT2D eigenvalue weighted by Crippen LogP contribution is 2.15. The van der Waals surface area contributed by atoms with Gasteiger partial charge < -0.3 is 16.0 Å². The molecule has 116 valence electrons. The highest BCUT2D eigenvalue weighted by molar-refractivity contribution is 5.82. The number of carbonyl (C=O) groups excluding carboxylic acids is 1. The van der Waals surface area contributed by atoms with Crippen LogP contribution in [0.5, 0.6) is 0 Å². The fraction of sp³-hybridized carbons (Fsp3) is 0.667. The van der Waals surface area contributed by atoms with E-state index in [2.05, 4.69) is 27.1 Å². The Bertz CT molecular complexity index is 445. The van der Waals surface area contributed by atoms with Crippen LogP contribution in [0.2, 0.25) is 0 Å². The minimum atomic E-state index is -0.412. The summed E-state index contributed by atoms with van der Waals surface area (Å²) >= 11 is 0. The van der Waals surface area contributed by atoms with E-state index in [1.165, 1.54) is 0 Å². The predicted molar refractivity (Wildman–Crippen MR) is 82.8 cm³/mol. The molecule has 3 N–H and O–H groups in total. The fourth-order valence-electron chi connectivity index (χ4n) is 2.49. The molecule has 1 fully saturated rings. The summed E-state index contributed by atoms with van der Waals surface area (Å²) in [6.45, 7) is 5.77. The van der Waals surface area contributed by atoms with Crippen LogP contribution in [0.4, 0.5) is 5.95 Å². The van der Waals surface area contributed by atoms with Crippen LogP contribution in [0.15, 0.2) is 18.5 Å². The molecule has 1 aliphatic rings. The summed E-state index contributed by atoms with van der Waals surface area (Å²) in [7, 11) is 0. The van der Waals surface area contributed by atoms with Gasteiger partial charge in [-0.1, -0.05) is 20.3 Å². The maximum Gasteiger partial charge on any atom is 0.237 e. The summed E-state index contributed by atoms with van der Waals surface area (Å²) in [6.07, 6.45) is 6.22. The number of nitrogens with one attached hydrogen (secondary N) is 1. The van der Waals surface area contributed by atoms with Gasteiger partial charge in [-0.05, 0) is 24.8 Å². The van der Waals surface area contributed by atoms with Gasteiger partial charge >= 0.3 is 0 Å². The lowest BCUT2D eigenvalue weighted by molar-refractivity contribution is -0.124. The molecule has 0 unspecified atom stereocenters. The molecule has 2 heterocycles. The maximum absolute atomic E-state index is 12.1. The number of nitrogens with two attached hydrogens (primary N) is 1. The average molecular weight is 291 g/mol. The second-order valence-electron chi connectivity index (χ2n) is 5.73. The van der Waals surface area contributed by atoms with Gasteiger partial charge in [0, 0.05) is 31.5 Å². The molecule has 0 aliphatic carbocycles. The van der Waals surface area contributed by atoms with E-state index in [0.717, 1.165) is 38.3 Å². The van der Waals surface area contributed by atoms with Gasteiger partial charge in [-0.2, -0.15) is 0 Å². The summed E-state index contributed by atoms with van der Waals surface area (Å²) < 4.78 is 0. The summed E-state index contributed by atoms with van der Waals surface area (Å²) in [5.74, 6) is 0.945. The monoisotopic (exact) mass is 291 g/mol. The molecule has 0 bridgehead atoms. The number of aromatic nitrogens is 2. The van der Waals surface area contributed by atoms with Gasteiger partial charge in [0.15, 0.2) is 0 Å². The number of carbonyl (C=O) groups is 1. The molecule has 0 radical (unpaired) electrons. The lowest BCUT2D eigenvalue weighted by atomic mass is 9.98. The van der Waals surface area contributed by atoms with Crippen molar-refractivity contribution in [3.05, 3.63) is 18.5 Å². The van der Waals surface area contributed by atoms with Crippen molar-refractivity contribution < 1.29 is 4.79 Å². The molecule has 2 atom stereocenters. The first-order valence-electron chi connectivity index (χ1n) is 7.69. The number of anilines is 1. The van der Waals surface area contributed by atoms with E-state index in [9.17, 15) is 4.79 Å². The summed E-state index contributed by atoms with van der Waals surface area (Å²) in [5.41, 5.74) is 5.96. The van der Waals surface area contributed by atoms with Crippen molar-refractivity contribution in [1.82, 2.24) is 15.3 Å². The second-order valence-corrected chi connectivity index (χ2v) is 5.73. The number of hydrogen-bond donors (Lipinski definition) is 2. The van der Waals surface area contributed by atoms with Gasteiger partial charge in [-0.3, -0.25) is 4.79 Å². The Morgan fingerprint density at radius 3 is 2.62 bits per heavy atom. The summed E-state index contributed by atoms with van der Waals surface area (Å²) in [5, 5.41) is 3.07. The van der Waals surface area contributed by atoms with Crippen LogP contribution in [-0.2, 0) is 4.79 Å². The Hall–Kier alpha value is -1.69. The quantitative estimate of drug-likeness (QED) is 0.843. The molecule has 21 heavy (non-hydrogen) atoms. The zero-order valence-corrected chi connectivity index (χ0v) is 12.8. The van der Waals surface area contributed by atoms with Crippen LogP contribution in [0.1, 0.15) is 33.1 Å². The SMILES string of the molecule is CC[C@H](C)[C@H](N)C(=O)NC1CCN(c2ncccn2)CC1. The van der Waals surface area contributed by atoms with Crippen molar-refractivity contribution in [3.63, 3.8) is 0 Å². The van der Waals surface area contributed by atoms with Crippen molar-refractivity contribution in [3.8, 4) is 0 Å². The number of amides is 1. The summed E-state index contributed by atoms with van der Waals surface area (Å²) in [6, 6.07) is 1.60. The Balaban J connectivity index is 1.80. The Kier molecular flexibility index (Phi) is 5.50. The molecule has 1 amide bonds. The molecule has 6 nitrogen and oxygen atoms in total. The second kappa shape index (κ2) is 7.36. The minimum absolute atomic E-state index is 0.0289. The Morgan fingerprint density at radius 1 is 1.43 bits per heavy atom. The van der Waals surface area contributed by atoms with E-state index in [4.69, 9.17) is 5.73 Å². The standard InChI is InChI=1S/C15H25N5O/c1-3-11(2)13(16)14(21)19-12-5-9-20(10-6-12)15-17-7-4-8-18-15/h4,7-8,11-13H,3,5-6,9-10,16H2,1-2H3,(H,19,21)/t11-,13-/m0/s1. The average Bonchev–Trinajstić information content (AvgIpc) is 2.54. The first-order chi connectivity index (χ1) is 10.1. The Labute approximate surface area is 126 Å². The van der Waals surface area contributed by atoms with Crippen molar-refractivity contribution in [2.75, 3.05) is 18.0 Å². The topological polar surface area (TPSA) is 84.1 Å². The molecule has 1 aromatic rings. The lowest BCUT2D eigenvalue weighted by Gasteiger charge is -2.33. The van der Waals surface area contributed by atoms with Crippen LogP contribution in [-0.4, -0.2) is 41.0 Å². The van der Waals surface area contributed by atoms with Gasteiger partial charge in [0.25, 0.3) is 0 Å². The molecule has 0 aromatic carbocycles. The Morgan fingerprint density at radius 2 is 2.05 bits per heavy atom. The molecular formula is C15H25N5O. The molecule has 0 spiro atoms. The first-order valence-corrected chi connectivity index (χ1v) is 7.69. The van der Waals surface area contributed by atoms with Gasteiger partial charge in [-0.15, -0.1) is 0 Å². The molecule has 6 heteroatoms. The largest absolute Gasteiger partial charge is 0.352 e. The molecule has 1 aliphatic heterocycles. The molecule has 1 aromatic heterocycles.